The van der Waals surface area contributed by atoms with Crippen LogP contribution in [-0.4, -0.2) is 32.8 Å². The number of carbonyl (C=O) groups is 2. The number of esters is 2. The van der Waals surface area contributed by atoms with Gasteiger partial charge in [-0.05, 0) is 61.0 Å². The maximum absolute atomic E-state index is 12.6. The van der Waals surface area contributed by atoms with Crippen molar-refractivity contribution in [1.82, 2.24) is 0 Å². The minimum Gasteiger partial charge on any atom is -0.494 e. The topological polar surface area (TPSA) is 74.3 Å². The summed E-state index contributed by atoms with van der Waals surface area (Å²) in [6.07, 6.45) is 6.59. The maximum Gasteiger partial charge on any atom is 0.355 e. The van der Waals surface area contributed by atoms with E-state index in [-0.39, 0.29) is 11.3 Å². The van der Waals surface area contributed by atoms with E-state index in [0.717, 1.165) is 11.3 Å². The molecule has 2 aromatic rings. The summed E-state index contributed by atoms with van der Waals surface area (Å²) < 4.78 is 21.1. The van der Waals surface area contributed by atoms with E-state index in [1.807, 2.05) is 55.5 Å². The fourth-order valence-electron chi connectivity index (χ4n) is 3.13. The molecule has 3 rings (SSSR count). The van der Waals surface area contributed by atoms with Gasteiger partial charge >= 0.3 is 11.9 Å². The summed E-state index contributed by atoms with van der Waals surface area (Å²) in [5, 5.41) is 0. The van der Waals surface area contributed by atoms with Crippen molar-refractivity contribution in [2.75, 3.05) is 25.7 Å². The highest BCUT2D eigenvalue weighted by Crippen LogP contribution is 2.27. The van der Waals surface area contributed by atoms with E-state index in [9.17, 15) is 9.59 Å². The van der Waals surface area contributed by atoms with Gasteiger partial charge in [-0.25, -0.2) is 9.59 Å². The minimum absolute atomic E-state index is 0.0638. The molecule has 0 spiro atoms. The van der Waals surface area contributed by atoms with Crippen molar-refractivity contribution < 1.29 is 28.5 Å². The van der Waals surface area contributed by atoms with E-state index < -0.39 is 11.9 Å². The van der Waals surface area contributed by atoms with Crippen molar-refractivity contribution in [2.24, 2.45) is 0 Å². The van der Waals surface area contributed by atoms with Gasteiger partial charge in [0.2, 0.25) is 0 Å². The first-order chi connectivity index (χ1) is 15.6. The molecule has 0 fully saturated rings. The lowest BCUT2D eigenvalue weighted by Gasteiger charge is -2.23. The van der Waals surface area contributed by atoms with Gasteiger partial charge in [0.05, 0.1) is 26.4 Å². The van der Waals surface area contributed by atoms with Crippen molar-refractivity contribution in [1.29, 1.82) is 0 Å². The van der Waals surface area contributed by atoms with E-state index in [1.54, 1.807) is 23.3 Å². The lowest BCUT2D eigenvalue weighted by molar-refractivity contribution is -0.139. The van der Waals surface area contributed by atoms with Gasteiger partial charge in [-0.1, -0.05) is 18.2 Å². The van der Waals surface area contributed by atoms with Gasteiger partial charge < -0.3 is 23.8 Å². The van der Waals surface area contributed by atoms with Gasteiger partial charge in [-0.15, -0.1) is 0 Å². The van der Waals surface area contributed by atoms with E-state index >= 15 is 0 Å². The highest BCUT2D eigenvalue weighted by atomic mass is 16.5. The SMILES string of the molecule is CCOc1ccc(OCc2cccc(N3C=CC=CC(C(=O)OC)=C3C(=O)OC)c2)cc1. The highest BCUT2D eigenvalue weighted by molar-refractivity contribution is 6.05. The molecule has 7 nitrogen and oxygen atoms in total. The molecule has 166 valence electrons. The quantitative estimate of drug-likeness (QED) is 0.577. The predicted octanol–water partition coefficient (Wildman–Crippen LogP) is 4.15. The van der Waals surface area contributed by atoms with Crippen LogP contribution >= 0.6 is 0 Å². The van der Waals surface area contributed by atoms with Gasteiger partial charge in [0.15, 0.2) is 0 Å². The molecule has 0 saturated carbocycles. The summed E-state index contributed by atoms with van der Waals surface area (Å²) in [5.74, 6) is 0.204. The van der Waals surface area contributed by atoms with Crippen LogP contribution in [0.15, 0.2) is 84.2 Å². The first kappa shape index (κ1) is 22.7. The van der Waals surface area contributed by atoms with Crippen LogP contribution < -0.4 is 14.4 Å². The Labute approximate surface area is 187 Å². The summed E-state index contributed by atoms with van der Waals surface area (Å²) in [4.78, 5) is 26.5. The van der Waals surface area contributed by atoms with E-state index in [2.05, 4.69) is 0 Å². The largest absolute Gasteiger partial charge is 0.494 e. The zero-order valence-corrected chi connectivity index (χ0v) is 18.2. The van der Waals surface area contributed by atoms with Crippen LogP contribution in [0, 0.1) is 0 Å². The Morgan fingerprint density at radius 3 is 2.22 bits per heavy atom. The van der Waals surface area contributed by atoms with E-state index in [0.29, 0.717) is 24.7 Å². The minimum atomic E-state index is -0.655. The average molecular weight is 435 g/mol. The van der Waals surface area contributed by atoms with Crippen LogP contribution in [0.1, 0.15) is 12.5 Å². The molecule has 1 aliphatic rings. The zero-order valence-electron chi connectivity index (χ0n) is 18.2. The number of benzene rings is 2. The number of methoxy groups -OCH3 is 2. The molecule has 0 radical (unpaired) electrons. The fraction of sp³-hybridized carbons (Fsp3) is 0.200. The highest BCUT2D eigenvalue weighted by Gasteiger charge is 2.27. The van der Waals surface area contributed by atoms with Crippen molar-refractivity contribution in [3.05, 3.63) is 89.8 Å². The number of carbonyl (C=O) groups excluding carboxylic acids is 2. The monoisotopic (exact) mass is 435 g/mol. The Morgan fingerprint density at radius 2 is 1.56 bits per heavy atom. The number of nitrogens with zero attached hydrogens (tertiary/aromatic N) is 1. The Bertz CT molecular complexity index is 1050. The molecule has 1 heterocycles. The van der Waals surface area contributed by atoms with Gasteiger partial charge in [-0.2, -0.15) is 0 Å². The van der Waals surface area contributed by atoms with Crippen LogP contribution in [0.4, 0.5) is 5.69 Å². The Morgan fingerprint density at radius 1 is 0.875 bits per heavy atom. The summed E-state index contributed by atoms with van der Waals surface area (Å²) in [6, 6.07) is 14.9. The molecular weight excluding hydrogens is 410 g/mol. The van der Waals surface area contributed by atoms with Crippen molar-refractivity contribution in [3.8, 4) is 11.5 Å². The number of hydrogen-bond donors (Lipinski definition) is 0. The summed E-state index contributed by atoms with van der Waals surface area (Å²) in [7, 11) is 2.53. The Balaban J connectivity index is 1.86. The number of allylic oxidation sites excluding steroid dienone is 2. The van der Waals surface area contributed by atoms with Crippen molar-refractivity contribution in [3.63, 3.8) is 0 Å². The first-order valence-corrected chi connectivity index (χ1v) is 10.1. The van der Waals surface area contributed by atoms with Gasteiger partial charge in [0.1, 0.15) is 23.8 Å². The second-order valence-corrected chi connectivity index (χ2v) is 6.68. The molecule has 0 saturated heterocycles. The number of anilines is 1. The number of rotatable bonds is 8. The van der Waals surface area contributed by atoms with E-state index in [1.165, 1.54) is 20.3 Å². The second-order valence-electron chi connectivity index (χ2n) is 6.68. The summed E-state index contributed by atoms with van der Waals surface area (Å²) in [5.41, 5.74) is 1.71. The first-order valence-electron chi connectivity index (χ1n) is 10.1. The van der Waals surface area contributed by atoms with Crippen LogP contribution in [0.2, 0.25) is 0 Å². The molecule has 0 aromatic heterocycles. The molecule has 0 N–H and O–H groups in total. The molecule has 0 atom stereocenters. The Kier molecular flexibility index (Phi) is 7.70. The smallest absolute Gasteiger partial charge is 0.355 e. The summed E-state index contributed by atoms with van der Waals surface area (Å²) >= 11 is 0. The third-order valence-electron chi connectivity index (χ3n) is 4.62. The molecule has 1 aliphatic heterocycles. The zero-order chi connectivity index (χ0) is 22.9. The van der Waals surface area contributed by atoms with Gasteiger partial charge in [0, 0.05) is 11.9 Å². The molecule has 2 aromatic carbocycles. The maximum atomic E-state index is 12.6. The Hall–Kier alpha value is -4.00. The molecular formula is C25H25NO6. The predicted molar refractivity (Wildman–Crippen MR) is 120 cm³/mol. The van der Waals surface area contributed by atoms with Gasteiger partial charge in [0.25, 0.3) is 0 Å². The third kappa shape index (κ3) is 5.37. The van der Waals surface area contributed by atoms with Crippen LogP contribution in [0.5, 0.6) is 11.5 Å². The molecule has 0 amide bonds. The van der Waals surface area contributed by atoms with E-state index in [4.69, 9.17) is 18.9 Å². The number of ether oxygens (including phenoxy) is 4. The standard InChI is InChI=1S/C25H25NO6/c1-4-31-20-11-13-21(14-12-20)32-17-18-8-7-9-19(16-18)26-15-6-5-10-22(24(27)29-2)23(26)25(28)30-3/h5-16H,4,17H2,1-3H3. The third-order valence-corrected chi connectivity index (χ3v) is 4.62. The average Bonchev–Trinajstić information content (AvgIpc) is 3.06. The molecule has 0 bridgehead atoms. The lowest BCUT2D eigenvalue weighted by Crippen LogP contribution is -2.27. The van der Waals surface area contributed by atoms with Crippen molar-refractivity contribution >= 4 is 17.6 Å². The molecule has 32 heavy (non-hydrogen) atoms. The van der Waals surface area contributed by atoms with Gasteiger partial charge in [-0.3, -0.25) is 0 Å². The molecule has 0 unspecified atom stereocenters. The molecule has 7 heteroatoms. The fourth-order valence-corrected chi connectivity index (χ4v) is 3.13. The number of hydrogen-bond acceptors (Lipinski definition) is 7. The van der Waals surface area contributed by atoms with Crippen LogP contribution in [0.3, 0.4) is 0 Å². The van der Waals surface area contributed by atoms with Crippen LogP contribution in [-0.2, 0) is 25.7 Å². The van der Waals surface area contributed by atoms with Crippen molar-refractivity contribution in [2.45, 2.75) is 13.5 Å². The van der Waals surface area contributed by atoms with Crippen LogP contribution in [0.25, 0.3) is 0 Å². The second kappa shape index (κ2) is 10.9. The molecule has 0 aliphatic carbocycles. The normalized spacial score (nSPS) is 12.9. The lowest BCUT2D eigenvalue weighted by atomic mass is 10.1. The summed E-state index contributed by atoms with van der Waals surface area (Å²) in [6.45, 7) is 2.85.